The van der Waals surface area contributed by atoms with E-state index in [1.807, 2.05) is 25.1 Å². The Labute approximate surface area is 116 Å². The largest absolute Gasteiger partial charge is 0.469 e. The van der Waals surface area contributed by atoms with Crippen LogP contribution in [0.25, 0.3) is 0 Å². The van der Waals surface area contributed by atoms with Crippen molar-refractivity contribution in [3.05, 3.63) is 54.0 Å². The molecule has 2 aromatic rings. The zero-order valence-electron chi connectivity index (χ0n) is 11.2. The molecule has 0 amide bonds. The molecule has 0 spiro atoms. The lowest BCUT2D eigenvalue weighted by Gasteiger charge is -2.15. The van der Waals surface area contributed by atoms with Gasteiger partial charge < -0.3 is 14.5 Å². The molecule has 3 nitrogen and oxygen atoms in total. The summed E-state index contributed by atoms with van der Waals surface area (Å²) < 4.78 is 34.0. The van der Waals surface area contributed by atoms with Gasteiger partial charge in [-0.1, -0.05) is 12.1 Å². The van der Waals surface area contributed by atoms with Gasteiger partial charge >= 0.3 is 6.61 Å². The number of ether oxygens (including phenoxy) is 1. The molecular weight excluding hydrogens is 264 g/mol. The quantitative estimate of drug-likeness (QED) is 0.838. The van der Waals surface area contributed by atoms with Crippen LogP contribution in [-0.4, -0.2) is 13.2 Å². The molecule has 0 saturated heterocycles. The van der Waals surface area contributed by atoms with Crippen LogP contribution in [0.1, 0.15) is 24.3 Å². The van der Waals surface area contributed by atoms with Gasteiger partial charge in [-0.2, -0.15) is 8.78 Å². The molecule has 108 valence electrons. The Morgan fingerprint density at radius 2 is 2.10 bits per heavy atom. The van der Waals surface area contributed by atoms with Crippen LogP contribution in [0.15, 0.2) is 47.1 Å². The standard InChI is InChI=1S/C15H17F2NO2/c1-11(18-8-7-13-6-3-9-19-13)12-4-2-5-14(10-12)20-15(16)17/h2-6,9-11,15,18H,7-8H2,1H3. The summed E-state index contributed by atoms with van der Waals surface area (Å²) in [6.07, 6.45) is 2.43. The van der Waals surface area contributed by atoms with Crippen LogP contribution in [0, 0.1) is 0 Å². The molecule has 1 aromatic heterocycles. The number of furan rings is 1. The molecular formula is C15H17F2NO2. The maximum Gasteiger partial charge on any atom is 0.387 e. The Kier molecular flexibility index (Phi) is 5.12. The fraction of sp³-hybridized carbons (Fsp3) is 0.333. The van der Waals surface area contributed by atoms with E-state index in [1.54, 1.807) is 18.4 Å². The Hall–Kier alpha value is -1.88. The van der Waals surface area contributed by atoms with Crippen molar-refractivity contribution in [3.8, 4) is 5.75 Å². The number of hydrogen-bond donors (Lipinski definition) is 1. The van der Waals surface area contributed by atoms with E-state index in [0.717, 1.165) is 24.3 Å². The molecule has 0 aliphatic rings. The third-order valence-electron chi connectivity index (χ3n) is 2.99. The normalized spacial score (nSPS) is 12.6. The van der Waals surface area contributed by atoms with Crippen LogP contribution >= 0.6 is 0 Å². The molecule has 1 aromatic carbocycles. The van der Waals surface area contributed by atoms with Crippen LogP contribution < -0.4 is 10.1 Å². The highest BCUT2D eigenvalue weighted by molar-refractivity contribution is 5.30. The Morgan fingerprint density at radius 1 is 1.25 bits per heavy atom. The van der Waals surface area contributed by atoms with Gasteiger partial charge in [0.25, 0.3) is 0 Å². The minimum Gasteiger partial charge on any atom is -0.469 e. The average Bonchev–Trinajstić information content (AvgIpc) is 2.91. The summed E-state index contributed by atoms with van der Waals surface area (Å²) in [5.41, 5.74) is 0.905. The van der Waals surface area contributed by atoms with Crippen molar-refractivity contribution in [1.29, 1.82) is 0 Å². The number of hydrogen-bond acceptors (Lipinski definition) is 3. The highest BCUT2D eigenvalue weighted by Gasteiger charge is 2.09. The van der Waals surface area contributed by atoms with E-state index in [4.69, 9.17) is 4.42 Å². The molecule has 1 N–H and O–H groups in total. The summed E-state index contributed by atoms with van der Waals surface area (Å²) in [5, 5.41) is 3.31. The molecule has 1 atom stereocenters. The lowest BCUT2D eigenvalue weighted by molar-refractivity contribution is -0.0499. The number of rotatable bonds is 7. The third-order valence-corrected chi connectivity index (χ3v) is 2.99. The molecule has 0 radical (unpaired) electrons. The van der Waals surface area contributed by atoms with Gasteiger partial charge in [-0.05, 0) is 36.8 Å². The first-order valence-electron chi connectivity index (χ1n) is 6.45. The first-order chi connectivity index (χ1) is 9.65. The Bertz CT molecular complexity index is 514. The van der Waals surface area contributed by atoms with Crippen molar-refractivity contribution in [1.82, 2.24) is 5.32 Å². The molecule has 0 aliphatic carbocycles. The second kappa shape index (κ2) is 7.05. The summed E-state index contributed by atoms with van der Waals surface area (Å²) in [6.45, 7) is -0.0782. The van der Waals surface area contributed by atoms with Crippen molar-refractivity contribution in [2.24, 2.45) is 0 Å². The predicted molar refractivity (Wildman–Crippen MR) is 71.9 cm³/mol. The predicted octanol–water partition coefficient (Wildman–Crippen LogP) is 3.77. The highest BCUT2D eigenvalue weighted by atomic mass is 19.3. The van der Waals surface area contributed by atoms with Gasteiger partial charge in [0.15, 0.2) is 0 Å². The van der Waals surface area contributed by atoms with Crippen LogP contribution in [-0.2, 0) is 6.42 Å². The van der Waals surface area contributed by atoms with Crippen molar-refractivity contribution in [3.63, 3.8) is 0 Å². The molecule has 0 fully saturated rings. The van der Waals surface area contributed by atoms with E-state index < -0.39 is 6.61 Å². The minimum absolute atomic E-state index is 0.0474. The van der Waals surface area contributed by atoms with Crippen molar-refractivity contribution >= 4 is 0 Å². The van der Waals surface area contributed by atoms with Gasteiger partial charge in [0, 0.05) is 19.0 Å². The second-order valence-corrected chi connectivity index (χ2v) is 4.46. The molecule has 0 saturated carbocycles. The topological polar surface area (TPSA) is 34.4 Å². The van der Waals surface area contributed by atoms with Gasteiger partial charge in [0.05, 0.1) is 6.26 Å². The molecule has 1 unspecified atom stereocenters. The maximum atomic E-state index is 12.2. The van der Waals surface area contributed by atoms with E-state index in [0.29, 0.717) is 0 Å². The third kappa shape index (κ3) is 4.35. The number of alkyl halides is 2. The summed E-state index contributed by atoms with van der Waals surface area (Å²) in [7, 11) is 0. The number of halogens is 2. The monoisotopic (exact) mass is 281 g/mol. The lowest BCUT2D eigenvalue weighted by atomic mass is 10.1. The van der Waals surface area contributed by atoms with Gasteiger partial charge in [-0.3, -0.25) is 0 Å². The average molecular weight is 281 g/mol. The second-order valence-electron chi connectivity index (χ2n) is 4.46. The maximum absolute atomic E-state index is 12.2. The molecule has 0 aliphatic heterocycles. The number of benzene rings is 1. The first-order valence-corrected chi connectivity index (χ1v) is 6.45. The first kappa shape index (κ1) is 14.5. The van der Waals surface area contributed by atoms with Crippen molar-refractivity contribution < 1.29 is 17.9 Å². The van der Waals surface area contributed by atoms with E-state index in [1.165, 1.54) is 6.07 Å². The summed E-state index contributed by atoms with van der Waals surface area (Å²) in [5.74, 6) is 1.09. The van der Waals surface area contributed by atoms with E-state index in [2.05, 4.69) is 10.1 Å². The fourth-order valence-electron chi connectivity index (χ4n) is 1.94. The molecule has 5 heteroatoms. The van der Waals surface area contributed by atoms with Gasteiger partial charge in [-0.15, -0.1) is 0 Å². The van der Waals surface area contributed by atoms with Crippen LogP contribution in [0.5, 0.6) is 5.75 Å². The molecule has 20 heavy (non-hydrogen) atoms. The molecule has 2 rings (SSSR count). The number of nitrogens with one attached hydrogen (secondary N) is 1. The Balaban J connectivity index is 1.86. The summed E-state index contributed by atoms with van der Waals surface area (Å²) in [4.78, 5) is 0. The smallest absolute Gasteiger partial charge is 0.387 e. The lowest BCUT2D eigenvalue weighted by Crippen LogP contribution is -2.21. The van der Waals surface area contributed by atoms with E-state index in [9.17, 15) is 8.78 Å². The van der Waals surface area contributed by atoms with Crippen molar-refractivity contribution in [2.45, 2.75) is 26.0 Å². The van der Waals surface area contributed by atoms with Gasteiger partial charge in [0.2, 0.25) is 0 Å². The Morgan fingerprint density at radius 3 is 2.80 bits per heavy atom. The summed E-state index contributed by atoms with van der Waals surface area (Å²) in [6, 6.07) is 10.5. The minimum atomic E-state index is -2.80. The zero-order valence-corrected chi connectivity index (χ0v) is 11.2. The van der Waals surface area contributed by atoms with Crippen molar-refractivity contribution in [2.75, 3.05) is 6.54 Å². The highest BCUT2D eigenvalue weighted by Crippen LogP contribution is 2.20. The van der Waals surface area contributed by atoms with Crippen LogP contribution in [0.3, 0.4) is 0 Å². The SMILES string of the molecule is CC(NCCc1ccco1)c1cccc(OC(F)F)c1. The van der Waals surface area contributed by atoms with E-state index in [-0.39, 0.29) is 11.8 Å². The summed E-state index contributed by atoms with van der Waals surface area (Å²) >= 11 is 0. The van der Waals surface area contributed by atoms with E-state index >= 15 is 0 Å². The molecule has 0 bridgehead atoms. The van der Waals surface area contributed by atoms with Crippen LogP contribution in [0.4, 0.5) is 8.78 Å². The van der Waals surface area contributed by atoms with Gasteiger partial charge in [-0.25, -0.2) is 0 Å². The fourth-order valence-corrected chi connectivity index (χ4v) is 1.94. The molecule has 1 heterocycles. The van der Waals surface area contributed by atoms with Crippen LogP contribution in [0.2, 0.25) is 0 Å². The zero-order chi connectivity index (χ0) is 14.4. The van der Waals surface area contributed by atoms with Gasteiger partial charge in [0.1, 0.15) is 11.5 Å².